The first-order valence-electron chi connectivity index (χ1n) is 6.21. The summed E-state index contributed by atoms with van der Waals surface area (Å²) >= 11 is 3.28. The molecule has 1 heterocycles. The molecule has 0 radical (unpaired) electrons. The van der Waals surface area contributed by atoms with Crippen LogP contribution in [-0.2, 0) is 23.0 Å². The van der Waals surface area contributed by atoms with E-state index in [1.165, 1.54) is 0 Å². The van der Waals surface area contributed by atoms with Crippen LogP contribution in [0.25, 0.3) is 0 Å². The minimum absolute atomic E-state index is 0.197. The lowest BCUT2D eigenvalue weighted by atomic mass is 10.1. The van der Waals surface area contributed by atoms with Crippen molar-refractivity contribution in [2.24, 2.45) is 0 Å². The van der Waals surface area contributed by atoms with Crippen LogP contribution >= 0.6 is 15.9 Å². The maximum atomic E-state index is 12.2. The summed E-state index contributed by atoms with van der Waals surface area (Å²) in [6.45, 7) is 2.21. The molecule has 20 heavy (non-hydrogen) atoms. The van der Waals surface area contributed by atoms with Crippen LogP contribution in [0, 0.1) is 0 Å². The van der Waals surface area contributed by atoms with Crippen molar-refractivity contribution in [3.63, 3.8) is 0 Å². The molecule has 1 aromatic heterocycles. The lowest BCUT2D eigenvalue weighted by Gasteiger charge is -2.09. The molecule has 2 aromatic rings. The Balaban J connectivity index is 2.15. The molecule has 2 rings (SSSR count). The predicted molar refractivity (Wildman–Crippen MR) is 81.8 cm³/mol. The maximum Gasteiger partial charge on any atom is 0.240 e. The number of benzene rings is 1. The Morgan fingerprint density at radius 1 is 1.20 bits per heavy atom. The first kappa shape index (κ1) is 15.2. The van der Waals surface area contributed by atoms with Gasteiger partial charge in [-0.3, -0.25) is 4.98 Å². The molecule has 0 saturated carbocycles. The third-order valence-electron chi connectivity index (χ3n) is 2.92. The lowest BCUT2D eigenvalue weighted by Crippen LogP contribution is -2.24. The summed E-state index contributed by atoms with van der Waals surface area (Å²) in [5.41, 5.74) is 1.81. The van der Waals surface area contributed by atoms with E-state index in [-0.39, 0.29) is 11.4 Å². The van der Waals surface area contributed by atoms with Gasteiger partial charge < -0.3 is 0 Å². The number of halogens is 1. The molecule has 0 amide bonds. The van der Waals surface area contributed by atoms with Crippen LogP contribution in [0.3, 0.4) is 0 Å². The number of sulfonamides is 1. The molecule has 0 aliphatic rings. The standard InChI is InChI=1S/C14H15BrN2O2S/c1-2-11-4-3-9-16-14(11)10-17-20(18,19)13-7-5-12(15)6-8-13/h3-9,17H,2,10H2,1H3. The quantitative estimate of drug-likeness (QED) is 0.897. The van der Waals surface area contributed by atoms with Crippen LogP contribution in [0.1, 0.15) is 18.2 Å². The number of hydrogen-bond acceptors (Lipinski definition) is 3. The monoisotopic (exact) mass is 354 g/mol. The second kappa shape index (κ2) is 6.47. The summed E-state index contributed by atoms with van der Waals surface area (Å²) < 4.78 is 27.7. The van der Waals surface area contributed by atoms with Crippen molar-refractivity contribution >= 4 is 26.0 Å². The SMILES string of the molecule is CCc1cccnc1CNS(=O)(=O)c1ccc(Br)cc1. The molecular weight excluding hydrogens is 340 g/mol. The van der Waals surface area contributed by atoms with Gasteiger partial charge >= 0.3 is 0 Å². The van der Waals surface area contributed by atoms with Crippen molar-refractivity contribution in [3.05, 3.63) is 58.3 Å². The van der Waals surface area contributed by atoms with Gasteiger partial charge in [0.1, 0.15) is 0 Å². The second-order valence-electron chi connectivity index (χ2n) is 4.24. The number of nitrogens with zero attached hydrogens (tertiary/aromatic N) is 1. The van der Waals surface area contributed by atoms with Gasteiger partial charge in [0.2, 0.25) is 10.0 Å². The Hall–Kier alpha value is -1.24. The molecule has 0 fully saturated rings. The molecule has 4 nitrogen and oxygen atoms in total. The Morgan fingerprint density at radius 3 is 2.55 bits per heavy atom. The highest BCUT2D eigenvalue weighted by molar-refractivity contribution is 9.10. The minimum Gasteiger partial charge on any atom is -0.260 e. The third kappa shape index (κ3) is 3.65. The first-order valence-corrected chi connectivity index (χ1v) is 8.48. The van der Waals surface area contributed by atoms with Gasteiger partial charge in [0.25, 0.3) is 0 Å². The molecule has 0 saturated heterocycles. The fourth-order valence-corrected chi connectivity index (χ4v) is 3.06. The van der Waals surface area contributed by atoms with Crippen molar-refractivity contribution in [2.45, 2.75) is 24.8 Å². The summed E-state index contributed by atoms with van der Waals surface area (Å²) in [7, 11) is -3.51. The topological polar surface area (TPSA) is 59.1 Å². The lowest BCUT2D eigenvalue weighted by molar-refractivity contribution is 0.580. The average molecular weight is 355 g/mol. The minimum atomic E-state index is -3.51. The molecule has 106 valence electrons. The normalized spacial score (nSPS) is 11.5. The van der Waals surface area contributed by atoms with Crippen molar-refractivity contribution in [1.82, 2.24) is 9.71 Å². The Labute approximate surface area is 127 Å². The zero-order chi connectivity index (χ0) is 14.6. The van der Waals surface area contributed by atoms with Gasteiger partial charge in [0.05, 0.1) is 17.1 Å². The van der Waals surface area contributed by atoms with Gasteiger partial charge in [-0.2, -0.15) is 0 Å². The number of pyridine rings is 1. The van der Waals surface area contributed by atoms with E-state index in [2.05, 4.69) is 25.6 Å². The molecule has 6 heteroatoms. The van der Waals surface area contributed by atoms with Crippen molar-refractivity contribution < 1.29 is 8.42 Å². The summed E-state index contributed by atoms with van der Waals surface area (Å²) in [4.78, 5) is 4.47. The van der Waals surface area contributed by atoms with E-state index in [1.54, 1.807) is 30.5 Å². The zero-order valence-electron chi connectivity index (χ0n) is 11.0. The fourth-order valence-electron chi connectivity index (χ4n) is 1.81. The largest absolute Gasteiger partial charge is 0.260 e. The zero-order valence-corrected chi connectivity index (χ0v) is 13.4. The Bertz CT molecular complexity index is 685. The number of hydrogen-bond donors (Lipinski definition) is 1. The molecule has 0 aliphatic carbocycles. The summed E-state index contributed by atoms with van der Waals surface area (Å²) in [5.74, 6) is 0. The highest BCUT2D eigenvalue weighted by Gasteiger charge is 2.14. The Kier molecular flexibility index (Phi) is 4.91. The molecule has 0 aliphatic heterocycles. The number of aromatic nitrogens is 1. The maximum absolute atomic E-state index is 12.2. The molecule has 0 spiro atoms. The van der Waals surface area contributed by atoms with E-state index in [0.29, 0.717) is 0 Å². The van der Waals surface area contributed by atoms with Gasteiger partial charge in [-0.05, 0) is 42.3 Å². The van der Waals surface area contributed by atoms with Crippen LogP contribution in [0.5, 0.6) is 0 Å². The van der Waals surface area contributed by atoms with Crippen LogP contribution in [0.4, 0.5) is 0 Å². The fraction of sp³-hybridized carbons (Fsp3) is 0.214. The van der Waals surface area contributed by atoms with Gasteiger partial charge in [-0.15, -0.1) is 0 Å². The van der Waals surface area contributed by atoms with Crippen LogP contribution < -0.4 is 4.72 Å². The molecule has 0 atom stereocenters. The highest BCUT2D eigenvalue weighted by atomic mass is 79.9. The van der Waals surface area contributed by atoms with Crippen LogP contribution in [-0.4, -0.2) is 13.4 Å². The molecule has 1 aromatic carbocycles. The predicted octanol–water partition coefficient (Wildman–Crippen LogP) is 2.89. The van der Waals surface area contributed by atoms with Gasteiger partial charge in [0, 0.05) is 10.7 Å². The van der Waals surface area contributed by atoms with Crippen molar-refractivity contribution in [3.8, 4) is 0 Å². The summed E-state index contributed by atoms with van der Waals surface area (Å²) in [5, 5.41) is 0. The first-order chi connectivity index (χ1) is 9.53. The van der Waals surface area contributed by atoms with E-state index in [1.807, 2.05) is 19.1 Å². The number of nitrogens with one attached hydrogen (secondary N) is 1. The van der Waals surface area contributed by atoms with E-state index >= 15 is 0 Å². The summed E-state index contributed by atoms with van der Waals surface area (Å²) in [6.07, 6.45) is 2.49. The van der Waals surface area contributed by atoms with E-state index < -0.39 is 10.0 Å². The van der Waals surface area contributed by atoms with Crippen LogP contribution in [0.15, 0.2) is 52.0 Å². The van der Waals surface area contributed by atoms with E-state index in [9.17, 15) is 8.42 Å². The third-order valence-corrected chi connectivity index (χ3v) is 4.86. The Morgan fingerprint density at radius 2 is 1.90 bits per heavy atom. The van der Waals surface area contributed by atoms with Gasteiger partial charge in [-0.1, -0.05) is 28.9 Å². The number of rotatable bonds is 5. The van der Waals surface area contributed by atoms with Crippen molar-refractivity contribution in [1.29, 1.82) is 0 Å². The van der Waals surface area contributed by atoms with Crippen LogP contribution in [0.2, 0.25) is 0 Å². The molecule has 1 N–H and O–H groups in total. The van der Waals surface area contributed by atoms with Crippen molar-refractivity contribution in [2.75, 3.05) is 0 Å². The molecule has 0 bridgehead atoms. The molecular formula is C14H15BrN2O2S. The summed E-state index contributed by atoms with van der Waals surface area (Å²) in [6, 6.07) is 10.3. The number of aryl methyl sites for hydroxylation is 1. The molecule has 0 unspecified atom stereocenters. The average Bonchev–Trinajstić information content (AvgIpc) is 2.46. The van der Waals surface area contributed by atoms with Gasteiger partial charge in [-0.25, -0.2) is 13.1 Å². The van der Waals surface area contributed by atoms with Gasteiger partial charge in [0.15, 0.2) is 0 Å². The highest BCUT2D eigenvalue weighted by Crippen LogP contribution is 2.15. The van der Waals surface area contributed by atoms with E-state index in [4.69, 9.17) is 0 Å². The second-order valence-corrected chi connectivity index (χ2v) is 6.92. The van der Waals surface area contributed by atoms with E-state index in [0.717, 1.165) is 22.2 Å². The smallest absolute Gasteiger partial charge is 0.240 e.